The van der Waals surface area contributed by atoms with Crippen LogP contribution < -0.4 is 4.74 Å². The molecule has 3 aromatic rings. The number of nitrogens with zero attached hydrogens (tertiary/aromatic N) is 3. The van der Waals surface area contributed by atoms with Gasteiger partial charge >= 0.3 is 0 Å². The average Bonchev–Trinajstić information content (AvgIpc) is 2.85. The second-order valence-corrected chi connectivity index (χ2v) is 4.90. The highest BCUT2D eigenvalue weighted by Crippen LogP contribution is 2.29. The third-order valence-corrected chi connectivity index (χ3v) is 3.38. The molecule has 1 aromatic carbocycles. The first kappa shape index (κ1) is 13.9. The molecule has 0 unspecified atom stereocenters. The number of rotatable bonds is 5. The molecule has 0 N–H and O–H groups in total. The maximum Gasteiger partial charge on any atom is 0.241 e. The quantitative estimate of drug-likeness (QED) is 0.726. The highest BCUT2D eigenvalue weighted by molar-refractivity contribution is 6.35. The van der Waals surface area contributed by atoms with Crippen molar-refractivity contribution in [3.8, 4) is 5.88 Å². The Morgan fingerprint density at radius 3 is 2.76 bits per heavy atom. The molecule has 3 rings (SSSR count). The third kappa shape index (κ3) is 2.84. The van der Waals surface area contributed by atoms with Crippen LogP contribution in [0, 0.1) is 0 Å². The van der Waals surface area contributed by atoms with Gasteiger partial charge in [0.05, 0.1) is 18.7 Å². The molecule has 5 nitrogen and oxygen atoms in total. The summed E-state index contributed by atoms with van der Waals surface area (Å²) in [7, 11) is 1.57. The van der Waals surface area contributed by atoms with E-state index in [9.17, 15) is 0 Å². The van der Waals surface area contributed by atoms with Crippen LogP contribution in [0.1, 0.15) is 5.56 Å². The zero-order valence-corrected chi connectivity index (χ0v) is 12.2. The zero-order valence-electron chi connectivity index (χ0n) is 11.5. The highest BCUT2D eigenvalue weighted by Gasteiger charge is 2.14. The Bertz CT molecular complexity index is 743. The first-order valence-electron chi connectivity index (χ1n) is 6.44. The molecule has 0 saturated carbocycles. The monoisotopic (exact) mass is 303 g/mol. The second kappa shape index (κ2) is 6.11. The van der Waals surface area contributed by atoms with Gasteiger partial charge in [0.15, 0.2) is 0 Å². The molecule has 0 aliphatic heterocycles. The Kier molecular flexibility index (Phi) is 4.03. The fraction of sp³-hybridized carbons (Fsp3) is 0.200. The maximum atomic E-state index is 6.18. The van der Waals surface area contributed by atoms with Crippen LogP contribution >= 0.6 is 11.6 Å². The molecule has 0 amide bonds. The van der Waals surface area contributed by atoms with Crippen molar-refractivity contribution in [1.29, 1.82) is 0 Å². The number of ether oxygens (including phenoxy) is 2. The van der Waals surface area contributed by atoms with Crippen LogP contribution in [0.4, 0.5) is 0 Å². The minimum atomic E-state index is 0.349. The van der Waals surface area contributed by atoms with E-state index < -0.39 is 0 Å². The topological polar surface area (TPSA) is 49.2 Å². The molecule has 0 radical (unpaired) electrons. The number of benzene rings is 1. The molecule has 108 valence electrons. The van der Waals surface area contributed by atoms with Crippen LogP contribution in [-0.4, -0.2) is 21.6 Å². The van der Waals surface area contributed by atoms with Gasteiger partial charge in [-0.2, -0.15) is 4.98 Å². The Morgan fingerprint density at radius 1 is 1.19 bits per heavy atom. The van der Waals surface area contributed by atoms with Gasteiger partial charge in [0.25, 0.3) is 0 Å². The third-order valence-electron chi connectivity index (χ3n) is 3.11. The summed E-state index contributed by atoms with van der Waals surface area (Å²) in [6.07, 6.45) is 3.20. The van der Waals surface area contributed by atoms with Crippen LogP contribution in [0.25, 0.3) is 11.0 Å². The molecule has 0 atom stereocenters. The molecular formula is C15H14ClN3O2. The predicted octanol–water partition coefficient (Wildman–Crippen LogP) is 3.27. The Hall–Kier alpha value is -2.11. The van der Waals surface area contributed by atoms with Gasteiger partial charge in [-0.25, -0.2) is 4.98 Å². The Balaban J connectivity index is 1.81. The van der Waals surface area contributed by atoms with E-state index in [1.807, 2.05) is 34.9 Å². The van der Waals surface area contributed by atoms with Gasteiger partial charge in [0.2, 0.25) is 5.88 Å². The molecule has 6 heteroatoms. The fourth-order valence-corrected chi connectivity index (χ4v) is 2.40. The summed E-state index contributed by atoms with van der Waals surface area (Å²) < 4.78 is 12.8. The molecule has 2 aromatic heterocycles. The molecule has 0 saturated heterocycles. The number of halogens is 1. The fourth-order valence-electron chi connectivity index (χ4n) is 2.15. The molecule has 0 fully saturated rings. The largest absolute Gasteiger partial charge is 0.479 e. The molecule has 0 aliphatic rings. The lowest BCUT2D eigenvalue weighted by molar-refractivity contribution is 0.0665. The molecule has 0 aliphatic carbocycles. The first-order valence-corrected chi connectivity index (χ1v) is 6.82. The summed E-state index contributed by atoms with van der Waals surface area (Å²) >= 11 is 6.18. The van der Waals surface area contributed by atoms with Gasteiger partial charge in [-0.15, -0.1) is 0 Å². The van der Waals surface area contributed by atoms with Crippen molar-refractivity contribution in [3.05, 3.63) is 53.4 Å². The Labute approximate surface area is 127 Å². The van der Waals surface area contributed by atoms with E-state index in [2.05, 4.69) is 9.97 Å². The molecular weight excluding hydrogens is 290 g/mol. The number of hydrogen-bond acceptors (Lipinski definition) is 4. The minimum Gasteiger partial charge on any atom is -0.479 e. The van der Waals surface area contributed by atoms with Crippen LogP contribution in [0.3, 0.4) is 0 Å². The van der Waals surface area contributed by atoms with E-state index in [4.69, 9.17) is 21.1 Å². The van der Waals surface area contributed by atoms with Gasteiger partial charge in [-0.1, -0.05) is 41.9 Å². The lowest BCUT2D eigenvalue weighted by atomic mass is 10.2. The minimum absolute atomic E-state index is 0.349. The smallest absolute Gasteiger partial charge is 0.241 e. The van der Waals surface area contributed by atoms with Crippen molar-refractivity contribution in [2.45, 2.75) is 13.3 Å². The lowest BCUT2D eigenvalue weighted by Gasteiger charge is -2.08. The lowest BCUT2D eigenvalue weighted by Crippen LogP contribution is -2.03. The molecule has 0 bridgehead atoms. The van der Waals surface area contributed by atoms with E-state index in [0.29, 0.717) is 29.8 Å². The van der Waals surface area contributed by atoms with Gasteiger partial charge in [0, 0.05) is 6.20 Å². The molecule has 2 heterocycles. The van der Waals surface area contributed by atoms with Crippen molar-refractivity contribution < 1.29 is 9.47 Å². The van der Waals surface area contributed by atoms with Crippen molar-refractivity contribution >= 4 is 22.6 Å². The van der Waals surface area contributed by atoms with Crippen LogP contribution in [0.5, 0.6) is 5.88 Å². The summed E-state index contributed by atoms with van der Waals surface area (Å²) in [6, 6.07) is 9.98. The van der Waals surface area contributed by atoms with Gasteiger partial charge in [-0.05, 0) is 5.56 Å². The van der Waals surface area contributed by atoms with Gasteiger partial charge < -0.3 is 14.0 Å². The molecule has 0 spiro atoms. The number of aromatic nitrogens is 3. The van der Waals surface area contributed by atoms with E-state index in [-0.39, 0.29) is 0 Å². The average molecular weight is 304 g/mol. The summed E-state index contributed by atoms with van der Waals surface area (Å²) in [5.74, 6) is 0.482. The zero-order chi connectivity index (χ0) is 14.7. The number of methoxy groups -OCH3 is 1. The predicted molar refractivity (Wildman–Crippen MR) is 80.3 cm³/mol. The van der Waals surface area contributed by atoms with Crippen LogP contribution in [-0.2, 0) is 18.1 Å². The van der Waals surface area contributed by atoms with Crippen molar-refractivity contribution in [1.82, 2.24) is 14.5 Å². The van der Waals surface area contributed by atoms with Crippen molar-refractivity contribution in [2.24, 2.45) is 0 Å². The SMILES string of the molecule is COc1ncnc2c(Cl)cn(COCc3ccccc3)c12. The number of fused-ring (bicyclic) bond motifs is 1. The van der Waals surface area contributed by atoms with E-state index >= 15 is 0 Å². The maximum absolute atomic E-state index is 6.18. The second-order valence-electron chi connectivity index (χ2n) is 4.49. The summed E-state index contributed by atoms with van der Waals surface area (Å²) in [6.45, 7) is 0.871. The summed E-state index contributed by atoms with van der Waals surface area (Å²) in [5, 5.41) is 0.550. The van der Waals surface area contributed by atoms with E-state index in [1.165, 1.54) is 6.33 Å². The normalized spacial score (nSPS) is 11.0. The highest BCUT2D eigenvalue weighted by atomic mass is 35.5. The van der Waals surface area contributed by atoms with Gasteiger partial charge in [0.1, 0.15) is 24.1 Å². The standard InChI is InChI=1S/C15H14ClN3O2/c1-20-15-14-13(17-9-18-15)12(16)7-19(14)10-21-8-11-5-3-2-4-6-11/h2-7,9H,8,10H2,1H3. The number of hydrogen-bond donors (Lipinski definition) is 0. The summed E-state index contributed by atoms with van der Waals surface area (Å²) in [5.41, 5.74) is 2.51. The van der Waals surface area contributed by atoms with Crippen LogP contribution in [0.15, 0.2) is 42.9 Å². The van der Waals surface area contributed by atoms with Crippen molar-refractivity contribution in [2.75, 3.05) is 7.11 Å². The Morgan fingerprint density at radius 2 is 2.00 bits per heavy atom. The van der Waals surface area contributed by atoms with Crippen LogP contribution in [0.2, 0.25) is 5.02 Å². The first-order chi connectivity index (χ1) is 10.3. The van der Waals surface area contributed by atoms with Crippen molar-refractivity contribution in [3.63, 3.8) is 0 Å². The van der Waals surface area contributed by atoms with Gasteiger partial charge in [-0.3, -0.25) is 0 Å². The van der Waals surface area contributed by atoms with E-state index in [1.54, 1.807) is 13.3 Å². The van der Waals surface area contributed by atoms with E-state index in [0.717, 1.165) is 11.1 Å². The summed E-state index contributed by atoms with van der Waals surface area (Å²) in [4.78, 5) is 8.27. The molecule has 21 heavy (non-hydrogen) atoms.